The van der Waals surface area contributed by atoms with Crippen LogP contribution in [0.4, 0.5) is 0 Å². The average Bonchev–Trinajstić information content (AvgIpc) is 2.00. The number of hydrogen-bond acceptors (Lipinski definition) is 4. The van der Waals surface area contributed by atoms with Crippen LogP contribution in [0.15, 0.2) is 0 Å². The van der Waals surface area contributed by atoms with Gasteiger partial charge in [-0.2, -0.15) is 0 Å². The molecule has 0 saturated heterocycles. The molecule has 0 atom stereocenters. The monoisotopic (exact) mass is 307 g/mol. The lowest BCUT2D eigenvalue weighted by Gasteiger charge is -2.40. The number of ketones is 3. The van der Waals surface area contributed by atoms with Crippen molar-refractivity contribution in [3.63, 3.8) is 0 Å². The molecule has 0 rings (SSSR count). The maximum absolute atomic E-state index is 11.7. The Labute approximate surface area is 112 Å². The second-order valence-electron chi connectivity index (χ2n) is 4.35. The first-order chi connectivity index (χ1) is 7.02. The van der Waals surface area contributed by atoms with E-state index in [0.29, 0.717) is 0 Å². The molecule has 0 aromatic rings. The number of nitrogens with zero attached hydrogens (tertiary/aromatic N) is 1. The van der Waals surface area contributed by atoms with Gasteiger partial charge in [-0.05, 0) is 0 Å². The quantitative estimate of drug-likeness (QED) is 0.413. The van der Waals surface area contributed by atoms with Crippen LogP contribution in [-0.4, -0.2) is 47.4 Å². The van der Waals surface area contributed by atoms with Gasteiger partial charge in [0.1, 0.15) is 0 Å². The minimum atomic E-state index is -1.91. The van der Waals surface area contributed by atoms with Gasteiger partial charge in [-0.1, -0.05) is 0 Å². The third kappa shape index (κ3) is 2.52. The van der Waals surface area contributed by atoms with Crippen molar-refractivity contribution >= 4 is 23.3 Å². The van der Waals surface area contributed by atoms with E-state index in [9.17, 15) is 19.2 Å². The molecule has 0 aromatic carbocycles. The van der Waals surface area contributed by atoms with E-state index in [-0.39, 0.29) is 17.0 Å². The van der Waals surface area contributed by atoms with Crippen molar-refractivity contribution in [2.24, 2.45) is 0 Å². The zero-order valence-corrected chi connectivity index (χ0v) is 12.5. The molecule has 0 unspecified atom stereocenters. The number of carbonyl (C=O) groups is 4. The standard InChI is InChI=1S/C11H18NO4.BrH/c1-7(13)11(8(2)14,9(3)15)12(5,6)10(4)16;/h1-6H3;1H/q+1;/p-1. The van der Waals surface area contributed by atoms with Gasteiger partial charge in [0.15, 0.2) is 0 Å². The Bertz CT molecular complexity index is 338. The van der Waals surface area contributed by atoms with Crippen LogP contribution < -0.4 is 17.0 Å². The van der Waals surface area contributed by atoms with E-state index in [0.717, 1.165) is 20.8 Å². The van der Waals surface area contributed by atoms with Gasteiger partial charge in [-0.3, -0.25) is 14.4 Å². The van der Waals surface area contributed by atoms with Crippen LogP contribution in [0.25, 0.3) is 0 Å². The van der Waals surface area contributed by atoms with Crippen molar-refractivity contribution < 1.29 is 40.6 Å². The highest BCUT2D eigenvalue weighted by atomic mass is 79.9. The molecular formula is C11H18BrNO4. The highest BCUT2D eigenvalue weighted by Gasteiger charge is 2.61. The van der Waals surface area contributed by atoms with Crippen LogP contribution in [0, 0.1) is 0 Å². The Morgan fingerprint density at radius 2 is 1.00 bits per heavy atom. The second kappa shape index (κ2) is 5.64. The van der Waals surface area contributed by atoms with Crippen LogP contribution in [0.3, 0.4) is 0 Å². The minimum Gasteiger partial charge on any atom is -1.00 e. The third-order valence-electron chi connectivity index (χ3n) is 3.15. The lowest BCUT2D eigenvalue weighted by Crippen LogP contribution is -3.00. The molecule has 0 spiro atoms. The van der Waals surface area contributed by atoms with Crippen molar-refractivity contribution in [1.82, 2.24) is 0 Å². The zero-order valence-electron chi connectivity index (χ0n) is 11.0. The molecule has 0 fully saturated rings. The number of quaternary nitrogens is 1. The SMILES string of the molecule is CC(=O)C(C(C)=O)(C(C)=O)[N+](C)(C)C(C)=O.[Br-]. The lowest BCUT2D eigenvalue weighted by molar-refractivity contribution is -0.836. The molecule has 17 heavy (non-hydrogen) atoms. The van der Waals surface area contributed by atoms with E-state index in [2.05, 4.69) is 0 Å². The predicted octanol–water partition coefficient (Wildman–Crippen LogP) is -2.88. The van der Waals surface area contributed by atoms with Crippen LogP contribution in [0.5, 0.6) is 0 Å². The summed E-state index contributed by atoms with van der Waals surface area (Å²) in [6.45, 7) is 4.73. The number of Topliss-reactive ketones (excluding diaryl/α,β-unsaturated/α-hetero) is 3. The van der Waals surface area contributed by atoms with Gasteiger partial charge < -0.3 is 17.0 Å². The normalized spacial score (nSPS) is 11.4. The van der Waals surface area contributed by atoms with Crippen molar-refractivity contribution in [3.05, 3.63) is 0 Å². The fraction of sp³-hybridized carbons (Fsp3) is 0.636. The summed E-state index contributed by atoms with van der Waals surface area (Å²) >= 11 is 0. The zero-order chi connectivity index (χ0) is 13.3. The molecule has 0 N–H and O–H groups in total. The minimum absolute atomic E-state index is 0. The van der Waals surface area contributed by atoms with Crippen molar-refractivity contribution in [2.75, 3.05) is 14.1 Å². The summed E-state index contributed by atoms with van der Waals surface area (Å²) in [6, 6.07) is 0. The van der Waals surface area contributed by atoms with Crippen molar-refractivity contribution in [2.45, 2.75) is 33.2 Å². The van der Waals surface area contributed by atoms with Gasteiger partial charge >= 0.3 is 5.91 Å². The average molecular weight is 308 g/mol. The lowest BCUT2D eigenvalue weighted by atomic mass is 9.82. The Balaban J connectivity index is 0. The molecule has 0 radical (unpaired) electrons. The van der Waals surface area contributed by atoms with E-state index < -0.39 is 33.3 Å². The van der Waals surface area contributed by atoms with Crippen LogP contribution in [0.2, 0.25) is 0 Å². The molecule has 0 aliphatic carbocycles. The Morgan fingerprint density at radius 1 is 0.765 bits per heavy atom. The van der Waals surface area contributed by atoms with E-state index in [1.54, 1.807) is 0 Å². The van der Waals surface area contributed by atoms with E-state index >= 15 is 0 Å². The number of hydrogen-bond donors (Lipinski definition) is 0. The molecular weight excluding hydrogens is 290 g/mol. The van der Waals surface area contributed by atoms with Gasteiger partial charge in [0.05, 0.1) is 21.0 Å². The molecule has 0 saturated carbocycles. The Hall–Kier alpha value is -0.880. The topological polar surface area (TPSA) is 68.3 Å². The highest BCUT2D eigenvalue weighted by Crippen LogP contribution is 2.25. The maximum atomic E-state index is 11.7. The summed E-state index contributed by atoms with van der Waals surface area (Å²) in [5.74, 6) is -2.23. The van der Waals surface area contributed by atoms with E-state index in [1.807, 2.05) is 0 Å². The van der Waals surface area contributed by atoms with Crippen LogP contribution >= 0.6 is 0 Å². The summed E-state index contributed by atoms with van der Waals surface area (Å²) < 4.78 is -0.576. The molecule has 0 aromatic heterocycles. The summed E-state index contributed by atoms with van der Waals surface area (Å²) in [5, 5.41) is 0. The molecule has 0 aliphatic rings. The first kappa shape index (κ1) is 18.5. The summed E-state index contributed by atoms with van der Waals surface area (Å²) in [7, 11) is 2.79. The van der Waals surface area contributed by atoms with Gasteiger partial charge in [0, 0.05) is 20.8 Å². The number of amides is 1. The number of likely N-dealkylation sites (N-methyl/N-ethyl adjacent to an activating group) is 1. The summed E-state index contributed by atoms with van der Waals surface area (Å²) in [4.78, 5) is 46.6. The van der Waals surface area contributed by atoms with Gasteiger partial charge in [-0.25, -0.2) is 9.28 Å². The Morgan fingerprint density at radius 3 is 1.06 bits per heavy atom. The van der Waals surface area contributed by atoms with Crippen LogP contribution in [0.1, 0.15) is 27.7 Å². The largest absolute Gasteiger partial charge is 1.00 e. The number of halogens is 1. The molecule has 1 amide bonds. The number of carbonyl (C=O) groups excluding carboxylic acids is 4. The Kier molecular flexibility index (Phi) is 6.13. The molecule has 0 heterocycles. The smallest absolute Gasteiger partial charge is 0.311 e. The maximum Gasteiger partial charge on any atom is 0.311 e. The molecule has 0 bridgehead atoms. The van der Waals surface area contributed by atoms with Gasteiger partial charge in [-0.15, -0.1) is 0 Å². The molecule has 6 heteroatoms. The predicted molar refractivity (Wildman–Crippen MR) is 57.6 cm³/mol. The van der Waals surface area contributed by atoms with E-state index in [4.69, 9.17) is 0 Å². The van der Waals surface area contributed by atoms with Crippen LogP contribution in [-0.2, 0) is 19.2 Å². The molecule has 0 aliphatic heterocycles. The first-order valence-electron chi connectivity index (χ1n) is 4.91. The summed E-state index contributed by atoms with van der Waals surface area (Å²) in [6.07, 6.45) is 0. The number of rotatable bonds is 4. The highest BCUT2D eigenvalue weighted by molar-refractivity contribution is 6.27. The molecule has 98 valence electrons. The fourth-order valence-electron chi connectivity index (χ4n) is 2.16. The van der Waals surface area contributed by atoms with Gasteiger partial charge in [0.2, 0.25) is 17.3 Å². The fourth-order valence-corrected chi connectivity index (χ4v) is 2.16. The van der Waals surface area contributed by atoms with Crippen molar-refractivity contribution in [3.8, 4) is 0 Å². The summed E-state index contributed by atoms with van der Waals surface area (Å²) in [5.41, 5.74) is -1.91. The van der Waals surface area contributed by atoms with Gasteiger partial charge in [0.25, 0.3) is 5.54 Å². The van der Waals surface area contributed by atoms with Crippen molar-refractivity contribution in [1.29, 1.82) is 0 Å². The molecule has 5 nitrogen and oxygen atoms in total. The third-order valence-corrected chi connectivity index (χ3v) is 3.15. The second-order valence-corrected chi connectivity index (χ2v) is 4.35. The first-order valence-corrected chi connectivity index (χ1v) is 4.91. The van der Waals surface area contributed by atoms with E-state index in [1.165, 1.54) is 21.0 Å².